The van der Waals surface area contributed by atoms with Crippen LogP contribution < -0.4 is 19.5 Å². The minimum Gasteiger partial charge on any atom is -0.493 e. The van der Waals surface area contributed by atoms with E-state index in [-0.39, 0.29) is 11.5 Å². The minimum atomic E-state index is -0.218. The van der Waals surface area contributed by atoms with E-state index in [4.69, 9.17) is 18.7 Å². The topological polar surface area (TPSA) is 120 Å². The Labute approximate surface area is 169 Å². The van der Waals surface area contributed by atoms with E-state index in [1.807, 2.05) is 12.1 Å². The number of methoxy groups -OCH3 is 3. The number of aromatic nitrogens is 5. The van der Waals surface area contributed by atoms with Crippen LogP contribution in [0.25, 0.3) is 11.6 Å². The first kappa shape index (κ1) is 20.6. The monoisotopic (exact) mass is 402 g/mol. The highest BCUT2D eigenvalue weighted by molar-refractivity contribution is 5.55. The minimum absolute atomic E-state index is 0.199. The molecular weight excluding hydrogens is 376 g/mol. The molecule has 0 saturated carbocycles. The molecule has 1 unspecified atom stereocenters. The van der Waals surface area contributed by atoms with Gasteiger partial charge >= 0.3 is 0 Å². The molecule has 0 fully saturated rings. The first-order valence-electron chi connectivity index (χ1n) is 9.09. The van der Waals surface area contributed by atoms with E-state index in [9.17, 15) is 0 Å². The Morgan fingerprint density at radius 3 is 2.45 bits per heavy atom. The smallest absolute Gasteiger partial charge is 0.244 e. The molecule has 0 bridgehead atoms. The first-order chi connectivity index (χ1) is 13.9. The molecule has 3 rings (SSSR count). The molecule has 2 aromatic heterocycles. The average molecular weight is 402 g/mol. The summed E-state index contributed by atoms with van der Waals surface area (Å²) in [5, 5.41) is 14.1. The van der Waals surface area contributed by atoms with Crippen LogP contribution in [0.1, 0.15) is 38.3 Å². The van der Waals surface area contributed by atoms with Crippen LogP contribution in [-0.2, 0) is 6.54 Å². The van der Waals surface area contributed by atoms with E-state index in [0.717, 1.165) is 5.56 Å². The molecule has 0 saturated heterocycles. The molecule has 29 heavy (non-hydrogen) atoms. The third-order valence-electron chi connectivity index (χ3n) is 4.46. The number of benzene rings is 1. The van der Waals surface area contributed by atoms with Crippen LogP contribution in [-0.4, -0.2) is 46.7 Å². The third kappa shape index (κ3) is 4.32. The lowest BCUT2D eigenvalue weighted by Gasteiger charge is -2.29. The zero-order valence-electron chi connectivity index (χ0n) is 17.4. The summed E-state index contributed by atoms with van der Waals surface area (Å²) in [6.45, 7) is 6.77. The highest BCUT2D eigenvalue weighted by Gasteiger charge is 2.32. The summed E-state index contributed by atoms with van der Waals surface area (Å²) in [5.74, 6) is 3.04. The highest BCUT2D eigenvalue weighted by atomic mass is 16.5. The van der Waals surface area contributed by atoms with Crippen LogP contribution in [0.2, 0.25) is 0 Å². The van der Waals surface area contributed by atoms with Gasteiger partial charge in [-0.1, -0.05) is 32.0 Å². The number of aromatic amines is 1. The molecule has 10 nitrogen and oxygen atoms in total. The highest BCUT2D eigenvalue weighted by Crippen LogP contribution is 2.40. The zero-order chi connectivity index (χ0) is 21.0. The SMILES string of the molecule is COc1ccc(CNC(c2nc(-c3ncn[nH]3)no2)C(C)(C)C)c(OC)c1OC. The van der Waals surface area contributed by atoms with Crippen molar-refractivity contribution in [2.24, 2.45) is 5.41 Å². The van der Waals surface area contributed by atoms with Crippen molar-refractivity contribution in [1.82, 2.24) is 30.6 Å². The van der Waals surface area contributed by atoms with Gasteiger partial charge in [0.2, 0.25) is 17.5 Å². The number of H-pyrrole nitrogens is 1. The fraction of sp³-hybridized carbons (Fsp3) is 0.474. The van der Waals surface area contributed by atoms with Crippen LogP contribution in [0.5, 0.6) is 17.2 Å². The van der Waals surface area contributed by atoms with Gasteiger partial charge in [-0.25, -0.2) is 4.98 Å². The number of rotatable bonds is 8. The molecule has 0 amide bonds. The number of hydrogen-bond donors (Lipinski definition) is 2. The second-order valence-electron chi connectivity index (χ2n) is 7.46. The second kappa shape index (κ2) is 8.48. The van der Waals surface area contributed by atoms with Crippen molar-refractivity contribution in [1.29, 1.82) is 0 Å². The molecular formula is C19H26N6O4. The van der Waals surface area contributed by atoms with Crippen LogP contribution in [0.3, 0.4) is 0 Å². The van der Waals surface area contributed by atoms with Gasteiger partial charge in [-0.15, -0.1) is 0 Å². The van der Waals surface area contributed by atoms with Crippen molar-refractivity contribution in [3.8, 4) is 28.9 Å². The van der Waals surface area contributed by atoms with E-state index in [2.05, 4.69) is 51.4 Å². The average Bonchev–Trinajstić information content (AvgIpc) is 3.38. The van der Waals surface area contributed by atoms with Crippen LogP contribution >= 0.6 is 0 Å². The van der Waals surface area contributed by atoms with Gasteiger partial charge in [0.1, 0.15) is 6.33 Å². The molecule has 2 N–H and O–H groups in total. The van der Waals surface area contributed by atoms with Crippen molar-refractivity contribution >= 4 is 0 Å². The van der Waals surface area contributed by atoms with Gasteiger partial charge < -0.3 is 24.1 Å². The lowest BCUT2D eigenvalue weighted by Crippen LogP contribution is -2.32. The summed E-state index contributed by atoms with van der Waals surface area (Å²) >= 11 is 0. The maximum atomic E-state index is 5.57. The van der Waals surface area contributed by atoms with Gasteiger partial charge in [0, 0.05) is 12.1 Å². The predicted molar refractivity (Wildman–Crippen MR) is 105 cm³/mol. The van der Waals surface area contributed by atoms with Crippen LogP contribution in [0, 0.1) is 5.41 Å². The van der Waals surface area contributed by atoms with Gasteiger partial charge in [0.15, 0.2) is 17.3 Å². The Morgan fingerprint density at radius 2 is 1.86 bits per heavy atom. The Balaban J connectivity index is 1.86. The lowest BCUT2D eigenvalue weighted by atomic mass is 9.86. The molecule has 0 aliphatic carbocycles. The molecule has 0 radical (unpaired) electrons. The van der Waals surface area contributed by atoms with E-state index in [0.29, 0.717) is 41.3 Å². The quantitative estimate of drug-likeness (QED) is 0.586. The molecule has 0 aliphatic heterocycles. The molecule has 156 valence electrons. The first-order valence-corrected chi connectivity index (χ1v) is 9.09. The summed E-state index contributed by atoms with van der Waals surface area (Å²) < 4.78 is 21.9. The van der Waals surface area contributed by atoms with Crippen LogP contribution in [0.4, 0.5) is 0 Å². The molecule has 2 heterocycles. The maximum absolute atomic E-state index is 5.57. The molecule has 0 aliphatic rings. The van der Waals surface area contributed by atoms with Crippen molar-refractivity contribution in [3.63, 3.8) is 0 Å². The molecule has 0 spiro atoms. The van der Waals surface area contributed by atoms with Crippen molar-refractivity contribution < 1.29 is 18.7 Å². The maximum Gasteiger partial charge on any atom is 0.244 e. The molecule has 3 aromatic rings. The van der Waals surface area contributed by atoms with Crippen molar-refractivity contribution in [3.05, 3.63) is 29.9 Å². The number of hydrogen-bond acceptors (Lipinski definition) is 9. The number of ether oxygens (including phenoxy) is 3. The summed E-state index contributed by atoms with van der Waals surface area (Å²) in [6.07, 6.45) is 1.40. The van der Waals surface area contributed by atoms with Crippen LogP contribution in [0.15, 0.2) is 23.0 Å². The van der Waals surface area contributed by atoms with Gasteiger partial charge in [0.05, 0.1) is 27.4 Å². The van der Waals surface area contributed by atoms with Crippen molar-refractivity contribution in [2.45, 2.75) is 33.4 Å². The fourth-order valence-electron chi connectivity index (χ4n) is 3.04. The van der Waals surface area contributed by atoms with Gasteiger partial charge in [-0.3, -0.25) is 5.10 Å². The van der Waals surface area contributed by atoms with Gasteiger partial charge in [0.25, 0.3) is 0 Å². The Hall–Kier alpha value is -3.14. The summed E-state index contributed by atoms with van der Waals surface area (Å²) in [7, 11) is 4.77. The summed E-state index contributed by atoms with van der Waals surface area (Å²) in [5.41, 5.74) is 0.712. The standard InChI is InChI=1S/C19H26N6O4/c1-19(2,3)15(18-23-17(25-29-18)16-21-10-22-24-16)20-9-11-7-8-12(26-4)14(28-6)13(11)27-5/h7-8,10,15,20H,9H2,1-6H3,(H,21,22,24). The second-order valence-corrected chi connectivity index (χ2v) is 7.46. The summed E-state index contributed by atoms with van der Waals surface area (Å²) in [6, 6.07) is 3.56. The molecule has 10 heteroatoms. The molecule has 1 aromatic carbocycles. The van der Waals surface area contributed by atoms with Gasteiger partial charge in [-0.05, 0) is 11.5 Å². The number of nitrogens with one attached hydrogen (secondary N) is 2. The fourth-order valence-corrected chi connectivity index (χ4v) is 3.04. The Kier molecular flexibility index (Phi) is 6.02. The third-order valence-corrected chi connectivity index (χ3v) is 4.46. The van der Waals surface area contributed by atoms with E-state index < -0.39 is 0 Å². The Bertz CT molecular complexity index is 933. The predicted octanol–water partition coefficient (Wildman–Crippen LogP) is 2.76. The van der Waals surface area contributed by atoms with E-state index in [1.165, 1.54) is 6.33 Å². The number of nitrogens with zero attached hydrogens (tertiary/aromatic N) is 4. The lowest BCUT2D eigenvalue weighted by molar-refractivity contribution is 0.211. The Morgan fingerprint density at radius 1 is 1.10 bits per heavy atom. The van der Waals surface area contributed by atoms with E-state index >= 15 is 0 Å². The zero-order valence-corrected chi connectivity index (χ0v) is 17.4. The van der Waals surface area contributed by atoms with Crippen molar-refractivity contribution in [2.75, 3.05) is 21.3 Å². The van der Waals surface area contributed by atoms with Gasteiger partial charge in [-0.2, -0.15) is 10.1 Å². The molecule has 1 atom stereocenters. The largest absolute Gasteiger partial charge is 0.493 e. The van der Waals surface area contributed by atoms with E-state index in [1.54, 1.807) is 21.3 Å². The normalized spacial score (nSPS) is 12.6. The summed E-state index contributed by atoms with van der Waals surface area (Å²) in [4.78, 5) is 8.54.